The van der Waals surface area contributed by atoms with Gasteiger partial charge < -0.3 is 0 Å². The third-order valence-corrected chi connectivity index (χ3v) is 5.45. The van der Waals surface area contributed by atoms with Crippen LogP contribution < -0.4 is 0 Å². The number of rotatable bonds is 0. The molecule has 0 aromatic heterocycles. The minimum atomic E-state index is -1.66. The summed E-state index contributed by atoms with van der Waals surface area (Å²) in [6.07, 6.45) is 7.37. The van der Waals surface area contributed by atoms with E-state index in [-0.39, 0.29) is 17.2 Å². The van der Waals surface area contributed by atoms with Crippen LogP contribution in [0.5, 0.6) is 0 Å². The molecule has 4 nitrogen and oxygen atoms in total. The van der Waals surface area contributed by atoms with Crippen LogP contribution >= 0.6 is 11.6 Å². The Hall–Kier alpha value is -2.27. The van der Waals surface area contributed by atoms with Crippen molar-refractivity contribution in [2.45, 2.75) is 5.38 Å². The highest BCUT2D eigenvalue weighted by Crippen LogP contribution is 2.66. The number of alkyl halides is 1. The summed E-state index contributed by atoms with van der Waals surface area (Å²) in [5.41, 5.74) is -3.29. The zero-order chi connectivity index (χ0) is 14.5. The summed E-state index contributed by atoms with van der Waals surface area (Å²) in [6.45, 7) is 0. The van der Waals surface area contributed by atoms with Crippen LogP contribution in [0.25, 0.3) is 0 Å². The molecule has 4 aliphatic rings. The Kier molecular flexibility index (Phi) is 2.46. The maximum Gasteiger partial charge on any atom is 0.182 e. The van der Waals surface area contributed by atoms with Gasteiger partial charge in [-0.05, 0) is 11.8 Å². The van der Waals surface area contributed by atoms with Gasteiger partial charge in [-0.15, -0.1) is 11.6 Å². The SMILES string of the molecule is N#CC1(C#N)C2C=CC(C3C(Cl)C=CC32)C1(C#N)C#N. The summed E-state index contributed by atoms with van der Waals surface area (Å²) >= 11 is 6.30. The summed E-state index contributed by atoms with van der Waals surface area (Å²) in [6, 6.07) is 7.93. The normalized spacial score (nSPS) is 41.0. The number of hydrogen-bond donors (Lipinski definition) is 0. The lowest BCUT2D eigenvalue weighted by atomic mass is 9.41. The Morgan fingerprint density at radius 1 is 0.750 bits per heavy atom. The zero-order valence-electron chi connectivity index (χ0n) is 10.4. The van der Waals surface area contributed by atoms with Gasteiger partial charge in [0.1, 0.15) is 0 Å². The fourth-order valence-corrected chi connectivity index (χ4v) is 4.50. The maximum absolute atomic E-state index is 9.60. The fourth-order valence-electron chi connectivity index (χ4n) is 4.09. The van der Waals surface area contributed by atoms with Crippen LogP contribution in [0.4, 0.5) is 0 Å². The average Bonchev–Trinajstić information content (AvgIpc) is 2.89. The molecule has 2 bridgehead atoms. The molecule has 96 valence electrons. The summed E-state index contributed by atoms with van der Waals surface area (Å²) in [5.74, 6) is -1.11. The third-order valence-electron chi connectivity index (χ3n) is 5.01. The van der Waals surface area contributed by atoms with Gasteiger partial charge >= 0.3 is 0 Å². The van der Waals surface area contributed by atoms with Crippen molar-refractivity contribution < 1.29 is 0 Å². The molecule has 0 N–H and O–H groups in total. The molecular formula is C15H9ClN4. The van der Waals surface area contributed by atoms with Gasteiger partial charge in [-0.3, -0.25) is 0 Å². The molecule has 20 heavy (non-hydrogen) atoms. The minimum Gasteiger partial charge on any atom is -0.196 e. The second-order valence-corrected chi connectivity index (χ2v) is 5.99. The second kappa shape index (κ2) is 3.86. The van der Waals surface area contributed by atoms with Crippen LogP contribution in [0, 0.1) is 79.8 Å². The van der Waals surface area contributed by atoms with Crippen LogP contribution in [0.15, 0.2) is 24.3 Å². The first-order valence-corrected chi connectivity index (χ1v) is 6.71. The number of fused-ring (bicyclic) bond motifs is 1. The smallest absolute Gasteiger partial charge is 0.182 e. The van der Waals surface area contributed by atoms with Gasteiger partial charge in [0.05, 0.1) is 29.7 Å². The third kappa shape index (κ3) is 1.06. The van der Waals surface area contributed by atoms with Crippen LogP contribution in [-0.2, 0) is 0 Å². The first kappa shape index (κ1) is 12.7. The van der Waals surface area contributed by atoms with Gasteiger partial charge in [-0.1, -0.05) is 24.3 Å². The monoisotopic (exact) mass is 280 g/mol. The number of halogens is 1. The van der Waals surface area contributed by atoms with Gasteiger partial charge in [0.15, 0.2) is 10.8 Å². The van der Waals surface area contributed by atoms with E-state index < -0.39 is 22.7 Å². The second-order valence-electron chi connectivity index (χ2n) is 5.48. The molecule has 1 saturated carbocycles. The lowest BCUT2D eigenvalue weighted by Crippen LogP contribution is -2.60. The first-order chi connectivity index (χ1) is 9.61. The van der Waals surface area contributed by atoms with Crippen molar-refractivity contribution in [3.63, 3.8) is 0 Å². The molecule has 4 rings (SSSR count). The van der Waals surface area contributed by atoms with Crippen LogP contribution in [-0.4, -0.2) is 5.38 Å². The number of nitriles is 4. The quantitative estimate of drug-likeness (QED) is 0.502. The van der Waals surface area contributed by atoms with E-state index in [1.54, 1.807) is 6.08 Å². The molecule has 0 aliphatic heterocycles. The van der Waals surface area contributed by atoms with E-state index in [4.69, 9.17) is 11.6 Å². The zero-order valence-corrected chi connectivity index (χ0v) is 11.1. The standard InChI is InChI=1S/C15H9ClN4/c16-12-4-1-9-10-2-3-11(13(9)12)15(7-19,8-20)14(10,5-17)6-18/h1-4,9-13H. The highest BCUT2D eigenvalue weighted by molar-refractivity contribution is 6.22. The average molecular weight is 281 g/mol. The molecule has 5 heteroatoms. The number of hydrogen-bond acceptors (Lipinski definition) is 4. The Labute approximate surface area is 121 Å². The van der Waals surface area contributed by atoms with Crippen LogP contribution in [0.2, 0.25) is 0 Å². The summed E-state index contributed by atoms with van der Waals surface area (Å²) in [4.78, 5) is 0. The molecule has 0 aromatic carbocycles. The van der Waals surface area contributed by atoms with E-state index >= 15 is 0 Å². The van der Waals surface area contributed by atoms with Gasteiger partial charge in [0, 0.05) is 11.8 Å². The molecular weight excluding hydrogens is 272 g/mol. The summed E-state index contributed by atoms with van der Waals surface area (Å²) < 4.78 is 0. The summed E-state index contributed by atoms with van der Waals surface area (Å²) in [7, 11) is 0. The molecule has 0 saturated heterocycles. The fraction of sp³-hybridized carbons (Fsp3) is 0.467. The highest BCUT2D eigenvalue weighted by atomic mass is 35.5. The molecule has 0 aromatic rings. The molecule has 0 amide bonds. The Bertz CT molecular complexity index is 665. The van der Waals surface area contributed by atoms with Gasteiger partial charge in [-0.25, -0.2) is 0 Å². The van der Waals surface area contributed by atoms with E-state index in [2.05, 4.69) is 0 Å². The first-order valence-electron chi connectivity index (χ1n) is 6.27. The van der Waals surface area contributed by atoms with Crippen molar-refractivity contribution in [1.29, 1.82) is 21.0 Å². The van der Waals surface area contributed by atoms with E-state index in [9.17, 15) is 21.0 Å². The molecule has 5 atom stereocenters. The Morgan fingerprint density at radius 2 is 1.25 bits per heavy atom. The molecule has 4 aliphatic carbocycles. The highest BCUT2D eigenvalue weighted by Gasteiger charge is 2.72. The number of nitrogens with zero attached hydrogens (tertiary/aromatic N) is 4. The van der Waals surface area contributed by atoms with E-state index in [1.807, 2.05) is 42.5 Å². The number of allylic oxidation sites excluding steroid dienone is 4. The molecule has 5 unspecified atom stereocenters. The van der Waals surface area contributed by atoms with Crippen molar-refractivity contribution in [3.05, 3.63) is 24.3 Å². The van der Waals surface area contributed by atoms with E-state index in [0.717, 1.165) is 0 Å². The van der Waals surface area contributed by atoms with E-state index in [0.29, 0.717) is 0 Å². The van der Waals surface area contributed by atoms with Crippen molar-refractivity contribution in [1.82, 2.24) is 0 Å². The lowest BCUT2D eigenvalue weighted by molar-refractivity contribution is 0.0115. The maximum atomic E-state index is 9.60. The molecule has 0 heterocycles. The van der Waals surface area contributed by atoms with Crippen LogP contribution in [0.1, 0.15) is 0 Å². The van der Waals surface area contributed by atoms with Crippen molar-refractivity contribution in [2.75, 3.05) is 0 Å². The van der Waals surface area contributed by atoms with Crippen molar-refractivity contribution >= 4 is 11.6 Å². The Morgan fingerprint density at radius 3 is 1.80 bits per heavy atom. The minimum absolute atomic E-state index is 0.0541. The predicted molar refractivity (Wildman–Crippen MR) is 69.2 cm³/mol. The molecule has 0 spiro atoms. The summed E-state index contributed by atoms with van der Waals surface area (Å²) in [5, 5.41) is 38.1. The van der Waals surface area contributed by atoms with Crippen molar-refractivity contribution in [3.8, 4) is 24.3 Å². The van der Waals surface area contributed by atoms with E-state index in [1.165, 1.54) is 0 Å². The predicted octanol–water partition coefficient (Wildman–Crippen LogP) is 2.28. The topological polar surface area (TPSA) is 95.2 Å². The van der Waals surface area contributed by atoms with Gasteiger partial charge in [0.2, 0.25) is 0 Å². The Balaban J connectivity index is 2.31. The molecule has 0 radical (unpaired) electrons. The van der Waals surface area contributed by atoms with Crippen LogP contribution in [0.3, 0.4) is 0 Å². The van der Waals surface area contributed by atoms with Gasteiger partial charge in [0.25, 0.3) is 0 Å². The lowest BCUT2D eigenvalue weighted by Gasteiger charge is -2.54. The van der Waals surface area contributed by atoms with Crippen molar-refractivity contribution in [2.24, 2.45) is 34.5 Å². The largest absolute Gasteiger partial charge is 0.196 e. The molecule has 1 fully saturated rings. The van der Waals surface area contributed by atoms with Gasteiger partial charge in [-0.2, -0.15) is 21.0 Å².